The third-order valence-corrected chi connectivity index (χ3v) is 7.69. The van der Waals surface area contributed by atoms with Gasteiger partial charge in [-0.05, 0) is 43.2 Å². The van der Waals surface area contributed by atoms with Gasteiger partial charge in [0.15, 0.2) is 0 Å². The molecule has 0 spiro atoms. The van der Waals surface area contributed by atoms with Crippen LogP contribution in [0.2, 0.25) is 10.0 Å². The van der Waals surface area contributed by atoms with Gasteiger partial charge in [0, 0.05) is 34.7 Å². The number of piperidine rings is 1. The normalized spacial score (nSPS) is 18.4. The van der Waals surface area contributed by atoms with Gasteiger partial charge in [0.1, 0.15) is 17.3 Å². The molecule has 0 saturated carbocycles. The van der Waals surface area contributed by atoms with Gasteiger partial charge in [-0.3, -0.25) is 4.90 Å². The van der Waals surface area contributed by atoms with Crippen molar-refractivity contribution in [1.29, 1.82) is 0 Å². The van der Waals surface area contributed by atoms with Gasteiger partial charge in [0.05, 0.1) is 5.69 Å². The molecule has 1 saturated heterocycles. The Morgan fingerprint density at radius 2 is 1.83 bits per heavy atom. The maximum atomic E-state index is 14.1. The van der Waals surface area contributed by atoms with Crippen LogP contribution >= 0.6 is 23.2 Å². The van der Waals surface area contributed by atoms with Crippen molar-refractivity contribution in [1.82, 2.24) is 4.31 Å². The number of hydrogen-bond acceptors (Lipinski definition) is 4. The van der Waals surface area contributed by atoms with Crippen LogP contribution in [0.5, 0.6) is 0 Å². The molecule has 10 heteroatoms. The minimum Gasteiger partial charge on any atom is -0.444 e. The number of carbonyl (C=O) groups is 1. The van der Waals surface area contributed by atoms with E-state index in [1.807, 2.05) is 0 Å². The second-order valence-corrected chi connectivity index (χ2v) is 9.62. The number of rotatable bonds is 3. The van der Waals surface area contributed by atoms with E-state index in [1.165, 1.54) is 15.3 Å². The van der Waals surface area contributed by atoms with E-state index in [4.69, 9.17) is 27.9 Å². The van der Waals surface area contributed by atoms with Crippen molar-refractivity contribution in [3.63, 3.8) is 0 Å². The highest BCUT2D eigenvalue weighted by Crippen LogP contribution is 2.36. The summed E-state index contributed by atoms with van der Waals surface area (Å²) < 4.78 is 46.3. The van der Waals surface area contributed by atoms with Gasteiger partial charge in [-0.2, -0.15) is 4.31 Å². The smallest absolute Gasteiger partial charge is 0.414 e. The molecule has 1 amide bonds. The summed E-state index contributed by atoms with van der Waals surface area (Å²) in [6.45, 7) is 0.378. The molecule has 154 valence electrons. The average molecular weight is 459 g/mol. The van der Waals surface area contributed by atoms with Crippen LogP contribution in [-0.2, 0) is 21.4 Å². The van der Waals surface area contributed by atoms with Crippen LogP contribution in [0.4, 0.5) is 14.9 Å². The Balaban J connectivity index is 1.55. The Hall–Kier alpha value is -1.87. The van der Waals surface area contributed by atoms with Gasteiger partial charge < -0.3 is 4.74 Å². The SMILES string of the molecule is O=C1OCc2c(Cl)cccc2N1C1CCN(S(=O)(=O)c2cc(Cl)ccc2F)CC1. The lowest BCUT2D eigenvalue weighted by Gasteiger charge is -2.40. The van der Waals surface area contributed by atoms with Crippen molar-refractivity contribution in [2.45, 2.75) is 30.4 Å². The Labute approximate surface area is 177 Å². The summed E-state index contributed by atoms with van der Waals surface area (Å²) >= 11 is 12.1. The quantitative estimate of drug-likeness (QED) is 0.681. The Bertz CT molecular complexity index is 1070. The van der Waals surface area contributed by atoms with E-state index in [9.17, 15) is 17.6 Å². The first-order chi connectivity index (χ1) is 13.8. The predicted molar refractivity (Wildman–Crippen MR) is 107 cm³/mol. The highest BCUT2D eigenvalue weighted by Gasteiger charge is 2.38. The fraction of sp³-hybridized carbons (Fsp3) is 0.316. The van der Waals surface area contributed by atoms with Gasteiger partial charge in [-0.1, -0.05) is 29.3 Å². The van der Waals surface area contributed by atoms with Gasteiger partial charge in [0.25, 0.3) is 0 Å². The first-order valence-corrected chi connectivity index (χ1v) is 11.2. The third kappa shape index (κ3) is 3.70. The largest absolute Gasteiger partial charge is 0.444 e. The van der Waals surface area contributed by atoms with Crippen LogP contribution in [0.25, 0.3) is 0 Å². The van der Waals surface area contributed by atoms with Gasteiger partial charge >= 0.3 is 6.09 Å². The molecule has 6 nitrogen and oxygen atoms in total. The molecular weight excluding hydrogens is 442 g/mol. The number of nitrogens with zero attached hydrogens (tertiary/aromatic N) is 2. The summed E-state index contributed by atoms with van der Waals surface area (Å²) in [6, 6.07) is 8.47. The van der Waals surface area contributed by atoms with Crippen molar-refractivity contribution in [2.75, 3.05) is 18.0 Å². The van der Waals surface area contributed by atoms with E-state index in [2.05, 4.69) is 0 Å². The van der Waals surface area contributed by atoms with Crippen molar-refractivity contribution in [3.05, 3.63) is 57.8 Å². The number of fused-ring (bicyclic) bond motifs is 1. The van der Waals surface area contributed by atoms with Crippen LogP contribution in [0.3, 0.4) is 0 Å². The van der Waals surface area contributed by atoms with Crippen molar-refractivity contribution >= 4 is 45.0 Å². The molecule has 2 aromatic carbocycles. The minimum atomic E-state index is -4.03. The molecule has 2 heterocycles. The molecule has 0 unspecified atom stereocenters. The first kappa shape index (κ1) is 20.4. The topological polar surface area (TPSA) is 66.9 Å². The van der Waals surface area contributed by atoms with Crippen LogP contribution in [0.15, 0.2) is 41.3 Å². The number of anilines is 1. The standard InChI is InChI=1S/C19H17Cl2FN2O4S/c20-12-4-5-16(22)18(10-12)29(26,27)23-8-6-13(7-9-23)24-17-3-1-2-15(21)14(17)11-28-19(24)25/h1-5,10,13H,6-9,11H2. The molecule has 2 aromatic rings. The van der Waals surface area contributed by atoms with Gasteiger partial charge in [-0.15, -0.1) is 0 Å². The summed E-state index contributed by atoms with van der Waals surface area (Å²) in [4.78, 5) is 13.5. The number of sulfonamides is 1. The highest BCUT2D eigenvalue weighted by atomic mass is 35.5. The van der Waals surface area contributed by atoms with Crippen LogP contribution in [0, 0.1) is 5.82 Å². The minimum absolute atomic E-state index is 0.103. The van der Waals surface area contributed by atoms with Crippen molar-refractivity contribution < 1.29 is 22.3 Å². The van der Waals surface area contributed by atoms with E-state index >= 15 is 0 Å². The Morgan fingerprint density at radius 1 is 1.10 bits per heavy atom. The maximum absolute atomic E-state index is 14.1. The molecule has 2 aliphatic heterocycles. The molecule has 4 rings (SSSR count). The zero-order valence-corrected chi connectivity index (χ0v) is 17.5. The lowest BCUT2D eigenvalue weighted by molar-refractivity contribution is 0.136. The number of ether oxygens (including phenoxy) is 1. The summed E-state index contributed by atoms with van der Waals surface area (Å²) in [5, 5.41) is 0.654. The number of halogens is 3. The number of benzene rings is 2. The zero-order chi connectivity index (χ0) is 20.8. The zero-order valence-electron chi connectivity index (χ0n) is 15.1. The Kier molecular flexibility index (Phi) is 5.46. The van der Waals surface area contributed by atoms with Crippen LogP contribution in [0.1, 0.15) is 18.4 Å². The number of hydrogen-bond donors (Lipinski definition) is 0. The number of amides is 1. The van der Waals surface area contributed by atoms with Crippen molar-refractivity contribution in [2.24, 2.45) is 0 Å². The average Bonchev–Trinajstić information content (AvgIpc) is 2.70. The molecular formula is C19H17Cl2FN2O4S. The number of cyclic esters (lactones) is 1. The lowest BCUT2D eigenvalue weighted by atomic mass is 10.0. The maximum Gasteiger partial charge on any atom is 0.414 e. The molecule has 1 fully saturated rings. The lowest BCUT2D eigenvalue weighted by Crippen LogP contribution is -2.50. The van der Waals surface area contributed by atoms with Crippen LogP contribution in [-0.4, -0.2) is 37.9 Å². The molecule has 0 N–H and O–H groups in total. The fourth-order valence-electron chi connectivity index (χ4n) is 3.72. The molecule has 0 aromatic heterocycles. The molecule has 0 aliphatic carbocycles. The number of carbonyl (C=O) groups excluding carboxylic acids is 1. The molecule has 0 atom stereocenters. The molecule has 29 heavy (non-hydrogen) atoms. The summed E-state index contributed by atoms with van der Waals surface area (Å²) in [5.74, 6) is -0.847. The summed E-state index contributed by atoms with van der Waals surface area (Å²) in [5.41, 5.74) is 1.40. The highest BCUT2D eigenvalue weighted by molar-refractivity contribution is 7.89. The third-order valence-electron chi connectivity index (χ3n) is 5.19. The fourth-order valence-corrected chi connectivity index (χ4v) is 5.74. The second-order valence-electron chi connectivity index (χ2n) is 6.87. The first-order valence-electron chi connectivity index (χ1n) is 8.97. The predicted octanol–water partition coefficient (Wildman–Crippen LogP) is 4.44. The van der Waals surface area contributed by atoms with Gasteiger partial charge in [-0.25, -0.2) is 17.6 Å². The second kappa shape index (κ2) is 7.75. The monoisotopic (exact) mass is 458 g/mol. The Morgan fingerprint density at radius 3 is 2.55 bits per heavy atom. The summed E-state index contributed by atoms with van der Waals surface area (Å²) in [7, 11) is -4.03. The van der Waals surface area contributed by atoms with Crippen LogP contribution < -0.4 is 4.90 Å². The van der Waals surface area contributed by atoms with E-state index in [0.29, 0.717) is 23.6 Å². The molecule has 0 radical (unpaired) electrons. The van der Waals surface area contributed by atoms with E-state index < -0.39 is 26.8 Å². The molecule has 0 bridgehead atoms. The van der Waals surface area contributed by atoms with E-state index in [0.717, 1.165) is 17.7 Å². The van der Waals surface area contributed by atoms with Crippen molar-refractivity contribution in [3.8, 4) is 0 Å². The molecule has 2 aliphatic rings. The summed E-state index contributed by atoms with van der Waals surface area (Å²) in [6.07, 6.45) is 0.271. The van der Waals surface area contributed by atoms with E-state index in [-0.39, 0.29) is 30.8 Å². The van der Waals surface area contributed by atoms with Gasteiger partial charge in [0.2, 0.25) is 10.0 Å². The van der Waals surface area contributed by atoms with E-state index in [1.54, 1.807) is 18.2 Å².